The highest BCUT2D eigenvalue weighted by atomic mass is 16.5. The molecule has 22 heavy (non-hydrogen) atoms. The van der Waals surface area contributed by atoms with Crippen LogP contribution < -0.4 is 10.3 Å². The average Bonchev–Trinajstić information content (AvgIpc) is 2.55. The zero-order valence-electron chi connectivity index (χ0n) is 12.5. The third kappa shape index (κ3) is 2.93. The molecule has 0 N–H and O–H groups in total. The highest BCUT2D eigenvalue weighted by molar-refractivity contribution is 5.80. The number of methoxy groups -OCH3 is 1. The van der Waals surface area contributed by atoms with Gasteiger partial charge in [0.25, 0.3) is 5.56 Å². The third-order valence-electron chi connectivity index (χ3n) is 4.06. The largest absolute Gasteiger partial charge is 0.495 e. The Labute approximate surface area is 128 Å². The van der Waals surface area contributed by atoms with Crippen molar-refractivity contribution < 1.29 is 9.53 Å². The lowest BCUT2D eigenvalue weighted by molar-refractivity contribution is -0.119. The predicted molar refractivity (Wildman–Crippen MR) is 84.1 cm³/mol. The molecule has 1 saturated carbocycles. The minimum absolute atomic E-state index is 0.0636. The Kier molecular flexibility index (Phi) is 4.04. The smallest absolute Gasteiger partial charge is 0.251 e. The molecule has 0 radical (unpaired) electrons. The maximum absolute atomic E-state index is 12.2. The van der Waals surface area contributed by atoms with Crippen molar-refractivity contribution in [1.29, 1.82) is 0 Å². The number of aromatic nitrogens is 2. The van der Waals surface area contributed by atoms with Gasteiger partial charge < -0.3 is 9.30 Å². The van der Waals surface area contributed by atoms with Crippen molar-refractivity contribution in [3.8, 4) is 5.75 Å². The van der Waals surface area contributed by atoms with Gasteiger partial charge in [-0.1, -0.05) is 11.6 Å². The van der Waals surface area contributed by atoms with Crippen LogP contribution in [0.1, 0.15) is 25.7 Å². The summed E-state index contributed by atoms with van der Waals surface area (Å²) < 4.78 is 6.88. The van der Waals surface area contributed by atoms with E-state index in [1.165, 1.54) is 11.6 Å². The molecule has 0 unspecified atom stereocenters. The zero-order chi connectivity index (χ0) is 15.5. The Morgan fingerprint density at radius 3 is 2.73 bits per heavy atom. The van der Waals surface area contributed by atoms with Gasteiger partial charge in [-0.2, -0.15) is 0 Å². The summed E-state index contributed by atoms with van der Waals surface area (Å²) in [4.78, 5) is 27.8. The first-order chi connectivity index (χ1) is 10.7. The van der Waals surface area contributed by atoms with Gasteiger partial charge in [0.2, 0.25) is 0 Å². The molecule has 2 aromatic rings. The van der Waals surface area contributed by atoms with Gasteiger partial charge in [0, 0.05) is 31.5 Å². The first-order valence-corrected chi connectivity index (χ1v) is 7.40. The third-order valence-corrected chi connectivity index (χ3v) is 4.06. The van der Waals surface area contributed by atoms with E-state index in [0.29, 0.717) is 30.9 Å². The number of carbonyl (C=O) groups excluding carboxylic acids is 1. The van der Waals surface area contributed by atoms with Crippen LogP contribution in [0.4, 0.5) is 0 Å². The number of pyridine rings is 2. The molecule has 0 atom stereocenters. The molecular formula is C17H18N2O3. The Hall–Kier alpha value is -2.43. The van der Waals surface area contributed by atoms with Gasteiger partial charge in [-0.25, -0.2) is 0 Å². The molecule has 0 bridgehead atoms. The standard InChI is InChI=1S/C17H18N2O3/c1-22-14-10-16-15(18-11-14)6-7-17(21)19(16)9-8-12-2-4-13(20)5-3-12/h6-8,10-11H,2-5,9H2,1H3. The summed E-state index contributed by atoms with van der Waals surface area (Å²) in [5, 5.41) is 0. The van der Waals surface area contributed by atoms with Gasteiger partial charge in [-0.3, -0.25) is 14.6 Å². The van der Waals surface area contributed by atoms with E-state index in [4.69, 9.17) is 4.74 Å². The zero-order valence-corrected chi connectivity index (χ0v) is 12.5. The van der Waals surface area contributed by atoms with Gasteiger partial charge in [0.05, 0.1) is 24.3 Å². The van der Waals surface area contributed by atoms with Crippen LogP contribution >= 0.6 is 0 Å². The van der Waals surface area contributed by atoms with Crippen LogP contribution in [0.2, 0.25) is 0 Å². The normalized spacial score (nSPS) is 15.1. The highest BCUT2D eigenvalue weighted by Crippen LogP contribution is 2.21. The molecule has 0 saturated heterocycles. The second-order valence-corrected chi connectivity index (χ2v) is 5.46. The number of rotatable bonds is 3. The maximum Gasteiger partial charge on any atom is 0.251 e. The van der Waals surface area contributed by atoms with Crippen LogP contribution in [-0.2, 0) is 11.3 Å². The Bertz CT molecular complexity index is 793. The Morgan fingerprint density at radius 1 is 1.23 bits per heavy atom. The van der Waals surface area contributed by atoms with Crippen LogP contribution in [0.5, 0.6) is 5.75 Å². The predicted octanol–water partition coefficient (Wildman–Crippen LogP) is 2.47. The van der Waals surface area contributed by atoms with E-state index >= 15 is 0 Å². The Balaban J connectivity index is 1.95. The summed E-state index contributed by atoms with van der Waals surface area (Å²) in [5.74, 6) is 0.955. The molecule has 1 aliphatic rings. The molecule has 0 aliphatic heterocycles. The summed E-state index contributed by atoms with van der Waals surface area (Å²) in [6.07, 6.45) is 6.55. The van der Waals surface area contributed by atoms with Crippen molar-refractivity contribution in [2.24, 2.45) is 0 Å². The average molecular weight is 298 g/mol. The van der Waals surface area contributed by atoms with Gasteiger partial charge in [-0.15, -0.1) is 0 Å². The van der Waals surface area contributed by atoms with E-state index in [9.17, 15) is 9.59 Å². The number of ether oxygens (including phenoxy) is 1. The summed E-state index contributed by atoms with van der Waals surface area (Å²) in [7, 11) is 1.58. The number of fused-ring (bicyclic) bond motifs is 1. The lowest BCUT2D eigenvalue weighted by Gasteiger charge is -2.14. The molecule has 5 nitrogen and oxygen atoms in total. The second kappa shape index (κ2) is 6.13. The van der Waals surface area contributed by atoms with Crippen molar-refractivity contribution in [3.63, 3.8) is 0 Å². The maximum atomic E-state index is 12.2. The van der Waals surface area contributed by atoms with Gasteiger partial charge in [0.1, 0.15) is 11.5 Å². The number of Topliss-reactive ketones (excluding diaryl/α,β-unsaturated/α-hetero) is 1. The van der Waals surface area contributed by atoms with Crippen molar-refractivity contribution in [2.75, 3.05) is 7.11 Å². The molecule has 0 spiro atoms. The van der Waals surface area contributed by atoms with E-state index in [1.807, 2.05) is 6.07 Å². The molecule has 1 aliphatic carbocycles. The van der Waals surface area contributed by atoms with Crippen LogP contribution in [0.25, 0.3) is 11.0 Å². The molecule has 2 heterocycles. The molecule has 114 valence electrons. The van der Waals surface area contributed by atoms with Crippen LogP contribution in [0, 0.1) is 0 Å². The van der Waals surface area contributed by atoms with Crippen molar-refractivity contribution >= 4 is 16.8 Å². The quantitative estimate of drug-likeness (QED) is 0.817. The lowest BCUT2D eigenvalue weighted by atomic mass is 9.94. The highest BCUT2D eigenvalue weighted by Gasteiger charge is 2.12. The first kappa shape index (κ1) is 14.5. The van der Waals surface area contributed by atoms with Gasteiger partial charge >= 0.3 is 0 Å². The van der Waals surface area contributed by atoms with Crippen LogP contribution in [0.15, 0.2) is 40.8 Å². The minimum atomic E-state index is -0.0636. The second-order valence-electron chi connectivity index (χ2n) is 5.46. The molecule has 0 aromatic carbocycles. The molecule has 1 fully saturated rings. The van der Waals surface area contributed by atoms with E-state index in [2.05, 4.69) is 11.1 Å². The number of carbonyl (C=O) groups is 1. The molecular weight excluding hydrogens is 280 g/mol. The fraction of sp³-hybridized carbons (Fsp3) is 0.353. The van der Waals surface area contributed by atoms with Gasteiger partial charge in [-0.05, 0) is 18.9 Å². The number of hydrogen-bond acceptors (Lipinski definition) is 4. The van der Waals surface area contributed by atoms with Crippen molar-refractivity contribution in [1.82, 2.24) is 9.55 Å². The summed E-state index contributed by atoms with van der Waals surface area (Å²) in [6, 6.07) is 5.08. The molecule has 2 aromatic heterocycles. The van der Waals surface area contributed by atoms with E-state index in [1.54, 1.807) is 23.9 Å². The van der Waals surface area contributed by atoms with E-state index in [-0.39, 0.29) is 5.56 Å². The number of ketones is 1. The molecule has 5 heteroatoms. The van der Waals surface area contributed by atoms with Crippen molar-refractivity contribution in [3.05, 3.63) is 46.4 Å². The van der Waals surface area contributed by atoms with E-state index < -0.39 is 0 Å². The number of nitrogens with zero attached hydrogens (tertiary/aromatic N) is 2. The molecule has 0 amide bonds. The van der Waals surface area contributed by atoms with Crippen molar-refractivity contribution in [2.45, 2.75) is 32.2 Å². The Morgan fingerprint density at radius 2 is 2.00 bits per heavy atom. The SMILES string of the molecule is COc1cnc2ccc(=O)n(CC=C3CCC(=O)CC3)c2c1. The summed E-state index contributed by atoms with van der Waals surface area (Å²) >= 11 is 0. The van der Waals surface area contributed by atoms with Crippen LogP contribution in [-0.4, -0.2) is 22.4 Å². The fourth-order valence-electron chi connectivity index (χ4n) is 2.72. The summed E-state index contributed by atoms with van der Waals surface area (Å²) in [5.41, 5.74) is 2.71. The topological polar surface area (TPSA) is 61.2 Å². The lowest BCUT2D eigenvalue weighted by Crippen LogP contribution is -2.19. The summed E-state index contributed by atoms with van der Waals surface area (Å²) in [6.45, 7) is 0.495. The fourth-order valence-corrected chi connectivity index (χ4v) is 2.72. The van der Waals surface area contributed by atoms with E-state index in [0.717, 1.165) is 23.9 Å². The monoisotopic (exact) mass is 298 g/mol. The number of hydrogen-bond donors (Lipinski definition) is 0. The minimum Gasteiger partial charge on any atom is -0.495 e. The molecule has 3 rings (SSSR count). The van der Waals surface area contributed by atoms with Crippen LogP contribution in [0.3, 0.4) is 0 Å². The number of allylic oxidation sites excluding steroid dienone is 2. The van der Waals surface area contributed by atoms with Gasteiger partial charge in [0.15, 0.2) is 0 Å². The first-order valence-electron chi connectivity index (χ1n) is 7.40.